The largest absolute Gasteiger partial charge is 0.368 e. The van der Waals surface area contributed by atoms with Crippen LogP contribution in [0.2, 0.25) is 0 Å². The molecule has 0 saturated heterocycles. The molecule has 1 aromatic heterocycles. The van der Waals surface area contributed by atoms with E-state index in [9.17, 15) is 8.42 Å². The molecule has 0 fully saturated rings. The van der Waals surface area contributed by atoms with Gasteiger partial charge in [0.15, 0.2) is 0 Å². The van der Waals surface area contributed by atoms with E-state index in [0.29, 0.717) is 12.4 Å². The number of hydrogen-bond donors (Lipinski definition) is 2. The van der Waals surface area contributed by atoms with Crippen molar-refractivity contribution in [3.05, 3.63) is 18.3 Å². The molecule has 1 atom stereocenters. The van der Waals surface area contributed by atoms with E-state index >= 15 is 0 Å². The van der Waals surface area contributed by atoms with Crippen LogP contribution in [0.15, 0.2) is 23.2 Å². The fraction of sp³-hybridized carbons (Fsp3) is 0.583. The number of rotatable bonds is 7. The predicted octanol–water partition coefficient (Wildman–Crippen LogP) is 0.871. The van der Waals surface area contributed by atoms with Crippen LogP contribution in [0.5, 0.6) is 0 Å². The van der Waals surface area contributed by atoms with Crippen LogP contribution in [0.1, 0.15) is 19.8 Å². The van der Waals surface area contributed by atoms with Gasteiger partial charge in [0.2, 0.25) is 10.0 Å². The molecular weight excluding hydrogens is 264 g/mol. The van der Waals surface area contributed by atoms with Crippen molar-refractivity contribution in [1.82, 2.24) is 9.29 Å². The predicted molar refractivity (Wildman–Crippen MR) is 76.5 cm³/mol. The molecule has 0 saturated carbocycles. The third kappa shape index (κ3) is 4.45. The quantitative estimate of drug-likeness (QED) is 0.776. The topological polar surface area (TPSA) is 88.3 Å². The van der Waals surface area contributed by atoms with Gasteiger partial charge < -0.3 is 11.1 Å². The first-order chi connectivity index (χ1) is 8.87. The Bertz CT molecular complexity index is 485. The Labute approximate surface area is 115 Å². The van der Waals surface area contributed by atoms with Gasteiger partial charge in [-0.25, -0.2) is 17.7 Å². The second kappa shape index (κ2) is 6.83. The number of pyridine rings is 1. The first kappa shape index (κ1) is 15.9. The third-order valence-corrected chi connectivity index (χ3v) is 4.55. The molecule has 1 aromatic rings. The van der Waals surface area contributed by atoms with E-state index in [1.54, 1.807) is 12.1 Å². The monoisotopic (exact) mass is 286 g/mol. The summed E-state index contributed by atoms with van der Waals surface area (Å²) in [5.41, 5.74) is 5.45. The zero-order valence-electron chi connectivity index (χ0n) is 11.6. The van der Waals surface area contributed by atoms with Gasteiger partial charge in [-0.05, 0) is 38.4 Å². The van der Waals surface area contributed by atoms with Crippen LogP contribution in [0.25, 0.3) is 0 Å². The molecule has 1 unspecified atom stereocenters. The summed E-state index contributed by atoms with van der Waals surface area (Å²) < 4.78 is 24.9. The van der Waals surface area contributed by atoms with Crippen molar-refractivity contribution in [1.29, 1.82) is 0 Å². The molecule has 108 valence electrons. The number of hydrogen-bond acceptors (Lipinski definition) is 5. The highest BCUT2D eigenvalue weighted by Crippen LogP contribution is 2.14. The normalized spacial score (nSPS) is 13.5. The molecule has 6 nitrogen and oxygen atoms in total. The minimum absolute atomic E-state index is 0.192. The maximum absolute atomic E-state index is 11.9. The average molecular weight is 286 g/mol. The van der Waals surface area contributed by atoms with Gasteiger partial charge in [0, 0.05) is 26.3 Å². The Morgan fingerprint density at radius 2 is 2.11 bits per heavy atom. The molecule has 7 heteroatoms. The fourth-order valence-corrected chi connectivity index (χ4v) is 2.43. The number of sulfonamides is 1. The zero-order chi connectivity index (χ0) is 14.5. The van der Waals surface area contributed by atoms with E-state index in [2.05, 4.69) is 10.3 Å². The molecule has 0 spiro atoms. The Morgan fingerprint density at radius 1 is 1.42 bits per heavy atom. The van der Waals surface area contributed by atoms with Crippen molar-refractivity contribution in [3.8, 4) is 0 Å². The molecule has 0 amide bonds. The molecule has 0 aliphatic carbocycles. The van der Waals surface area contributed by atoms with Crippen molar-refractivity contribution in [2.45, 2.75) is 30.7 Å². The number of nitrogens with one attached hydrogen (secondary N) is 1. The second-order valence-corrected chi connectivity index (χ2v) is 6.79. The summed E-state index contributed by atoms with van der Waals surface area (Å²) in [6.45, 7) is 2.71. The summed E-state index contributed by atoms with van der Waals surface area (Å²) in [6.07, 6.45) is 3.27. The van der Waals surface area contributed by atoms with Gasteiger partial charge in [-0.3, -0.25) is 0 Å². The third-order valence-electron chi connectivity index (χ3n) is 2.75. The minimum Gasteiger partial charge on any atom is -0.368 e. The zero-order valence-corrected chi connectivity index (χ0v) is 12.4. The Balaban J connectivity index is 2.72. The molecule has 1 heterocycles. The van der Waals surface area contributed by atoms with E-state index in [1.807, 2.05) is 6.92 Å². The Kier molecular flexibility index (Phi) is 5.71. The lowest BCUT2D eigenvalue weighted by molar-refractivity contribution is 0.520. The molecule has 19 heavy (non-hydrogen) atoms. The number of anilines is 1. The first-order valence-corrected chi connectivity index (χ1v) is 7.67. The van der Waals surface area contributed by atoms with Gasteiger partial charge in [0.05, 0.1) is 0 Å². The second-order valence-electron chi connectivity index (χ2n) is 4.64. The summed E-state index contributed by atoms with van der Waals surface area (Å²) in [6, 6.07) is 3.49. The Hall–Kier alpha value is -1.18. The van der Waals surface area contributed by atoms with Gasteiger partial charge in [-0.1, -0.05) is 0 Å². The molecule has 1 rings (SSSR count). The van der Waals surface area contributed by atoms with Crippen molar-refractivity contribution in [2.75, 3.05) is 26.0 Å². The van der Waals surface area contributed by atoms with Crippen molar-refractivity contribution < 1.29 is 8.42 Å². The van der Waals surface area contributed by atoms with Crippen LogP contribution in [0, 0.1) is 0 Å². The summed E-state index contributed by atoms with van der Waals surface area (Å²) in [4.78, 5) is 4.32. The van der Waals surface area contributed by atoms with Crippen LogP contribution in [0.3, 0.4) is 0 Å². The van der Waals surface area contributed by atoms with Gasteiger partial charge >= 0.3 is 0 Å². The van der Waals surface area contributed by atoms with Gasteiger partial charge in [-0.2, -0.15) is 0 Å². The summed E-state index contributed by atoms with van der Waals surface area (Å²) in [7, 11) is -0.417. The van der Waals surface area contributed by atoms with Crippen LogP contribution < -0.4 is 11.1 Å². The van der Waals surface area contributed by atoms with Crippen LogP contribution >= 0.6 is 0 Å². The van der Waals surface area contributed by atoms with Crippen molar-refractivity contribution >= 4 is 15.8 Å². The molecular formula is C12H22N4O2S. The lowest BCUT2D eigenvalue weighted by Crippen LogP contribution is -2.22. The SMILES string of the molecule is CC(CCCN)Nc1ccc(S(=O)(=O)N(C)C)cn1. The Morgan fingerprint density at radius 3 is 2.58 bits per heavy atom. The molecule has 0 radical (unpaired) electrons. The molecule has 0 bridgehead atoms. The highest BCUT2D eigenvalue weighted by Gasteiger charge is 2.17. The molecule has 0 aliphatic heterocycles. The average Bonchev–Trinajstić information content (AvgIpc) is 2.36. The molecule has 0 aromatic carbocycles. The van der Waals surface area contributed by atoms with Crippen molar-refractivity contribution in [2.24, 2.45) is 5.73 Å². The fourth-order valence-electron chi connectivity index (χ4n) is 1.58. The van der Waals surface area contributed by atoms with E-state index in [4.69, 9.17) is 5.73 Å². The maximum Gasteiger partial charge on any atom is 0.244 e. The van der Waals surface area contributed by atoms with E-state index in [0.717, 1.165) is 12.8 Å². The van der Waals surface area contributed by atoms with Crippen LogP contribution in [-0.2, 0) is 10.0 Å². The summed E-state index contributed by atoms with van der Waals surface area (Å²) >= 11 is 0. The standard InChI is InChI=1S/C12H22N4O2S/c1-10(5-4-8-13)15-12-7-6-11(9-14-12)19(17,18)16(2)3/h6-7,9-10H,4-5,8,13H2,1-3H3,(H,14,15). The minimum atomic E-state index is -3.41. The highest BCUT2D eigenvalue weighted by atomic mass is 32.2. The highest BCUT2D eigenvalue weighted by molar-refractivity contribution is 7.89. The number of nitrogens with zero attached hydrogens (tertiary/aromatic N) is 2. The van der Waals surface area contributed by atoms with Gasteiger partial charge in [0.25, 0.3) is 0 Å². The van der Waals surface area contributed by atoms with Crippen LogP contribution in [0.4, 0.5) is 5.82 Å². The number of aromatic nitrogens is 1. The van der Waals surface area contributed by atoms with Crippen LogP contribution in [-0.4, -0.2) is 44.4 Å². The first-order valence-electron chi connectivity index (χ1n) is 6.23. The maximum atomic E-state index is 11.9. The summed E-state index contributed by atoms with van der Waals surface area (Å²) in [5.74, 6) is 0.669. The van der Waals surface area contributed by atoms with Gasteiger partial charge in [-0.15, -0.1) is 0 Å². The molecule has 3 N–H and O–H groups in total. The lowest BCUT2D eigenvalue weighted by atomic mass is 10.2. The molecule has 0 aliphatic rings. The van der Waals surface area contributed by atoms with E-state index in [-0.39, 0.29) is 10.9 Å². The smallest absolute Gasteiger partial charge is 0.244 e. The van der Waals surface area contributed by atoms with Crippen molar-refractivity contribution in [3.63, 3.8) is 0 Å². The van der Waals surface area contributed by atoms with Gasteiger partial charge in [0.1, 0.15) is 10.7 Å². The summed E-state index contributed by atoms with van der Waals surface area (Å²) in [5, 5.41) is 3.21. The lowest BCUT2D eigenvalue weighted by Gasteiger charge is -2.15. The van der Waals surface area contributed by atoms with E-state index in [1.165, 1.54) is 24.6 Å². The number of nitrogens with two attached hydrogens (primary N) is 1. The van der Waals surface area contributed by atoms with E-state index < -0.39 is 10.0 Å².